The predicted octanol–water partition coefficient (Wildman–Crippen LogP) is 1.26. The fraction of sp³-hybridized carbons (Fsp3) is 0.500. The lowest BCUT2D eigenvalue weighted by molar-refractivity contribution is -0.120. The summed E-state index contributed by atoms with van der Waals surface area (Å²) in [6.07, 6.45) is 0. The quantitative estimate of drug-likeness (QED) is 0.766. The van der Waals surface area contributed by atoms with Crippen LogP contribution >= 0.6 is 0 Å². The molecule has 1 aromatic carbocycles. The first-order valence-corrected chi connectivity index (χ1v) is 6.53. The van der Waals surface area contributed by atoms with Crippen LogP contribution in [0.25, 0.3) is 0 Å². The zero-order chi connectivity index (χ0) is 13.8. The average Bonchev–Trinajstić information content (AvgIpc) is 2.83. The van der Waals surface area contributed by atoms with Crippen molar-refractivity contribution in [2.45, 2.75) is 19.9 Å². The van der Waals surface area contributed by atoms with Gasteiger partial charge >= 0.3 is 0 Å². The Morgan fingerprint density at radius 2 is 2.26 bits per heavy atom. The molecule has 0 aromatic heterocycles. The van der Waals surface area contributed by atoms with E-state index in [4.69, 9.17) is 4.74 Å². The fourth-order valence-corrected chi connectivity index (χ4v) is 2.20. The van der Waals surface area contributed by atoms with Gasteiger partial charge in [-0.3, -0.25) is 4.79 Å². The highest BCUT2D eigenvalue weighted by molar-refractivity contribution is 5.93. The Balaban J connectivity index is 2.02. The second kappa shape index (κ2) is 6.04. The van der Waals surface area contributed by atoms with Crippen molar-refractivity contribution in [3.8, 4) is 5.75 Å². The molecule has 1 amide bonds. The Labute approximate surface area is 113 Å². The van der Waals surface area contributed by atoms with E-state index >= 15 is 0 Å². The smallest absolute Gasteiger partial charge is 0.231 e. The third kappa shape index (κ3) is 3.24. The second-order valence-electron chi connectivity index (χ2n) is 4.80. The van der Waals surface area contributed by atoms with Crippen molar-refractivity contribution in [1.29, 1.82) is 0 Å². The van der Waals surface area contributed by atoms with Crippen LogP contribution in [0.5, 0.6) is 5.75 Å². The Morgan fingerprint density at radius 3 is 2.95 bits per heavy atom. The van der Waals surface area contributed by atoms with Gasteiger partial charge in [-0.15, -0.1) is 0 Å². The summed E-state index contributed by atoms with van der Waals surface area (Å²) in [5, 5.41) is 15.7. The van der Waals surface area contributed by atoms with E-state index in [0.29, 0.717) is 18.9 Å². The van der Waals surface area contributed by atoms with E-state index in [-0.39, 0.29) is 23.6 Å². The van der Waals surface area contributed by atoms with Crippen LogP contribution in [-0.2, 0) is 9.53 Å². The van der Waals surface area contributed by atoms with Crippen molar-refractivity contribution in [2.24, 2.45) is 5.92 Å². The largest absolute Gasteiger partial charge is 0.508 e. The fourth-order valence-electron chi connectivity index (χ4n) is 2.20. The van der Waals surface area contributed by atoms with Crippen molar-refractivity contribution < 1.29 is 14.6 Å². The molecular weight excluding hydrogens is 244 g/mol. The molecule has 0 saturated carbocycles. The van der Waals surface area contributed by atoms with Crippen molar-refractivity contribution in [3.05, 3.63) is 23.8 Å². The SMILES string of the molecule is CCNC1COCC1C(=O)Nc1ccc(C)c(O)c1. The van der Waals surface area contributed by atoms with Crippen LogP contribution in [0.4, 0.5) is 5.69 Å². The first-order chi connectivity index (χ1) is 9.11. The van der Waals surface area contributed by atoms with Gasteiger partial charge in [0.2, 0.25) is 5.91 Å². The molecule has 1 heterocycles. The van der Waals surface area contributed by atoms with Gasteiger partial charge in [0.1, 0.15) is 5.75 Å². The lowest BCUT2D eigenvalue weighted by Crippen LogP contribution is -2.41. The number of rotatable bonds is 4. The molecule has 0 bridgehead atoms. The number of phenolic OH excluding ortho intramolecular Hbond substituents is 1. The van der Waals surface area contributed by atoms with Gasteiger partial charge in [0, 0.05) is 17.8 Å². The van der Waals surface area contributed by atoms with Crippen molar-refractivity contribution in [2.75, 3.05) is 25.1 Å². The van der Waals surface area contributed by atoms with Gasteiger partial charge in [-0.05, 0) is 25.1 Å². The summed E-state index contributed by atoms with van der Waals surface area (Å²) in [4.78, 5) is 12.2. The van der Waals surface area contributed by atoms with Crippen molar-refractivity contribution in [3.63, 3.8) is 0 Å². The van der Waals surface area contributed by atoms with Crippen LogP contribution in [0.1, 0.15) is 12.5 Å². The number of aryl methyl sites for hydroxylation is 1. The van der Waals surface area contributed by atoms with Gasteiger partial charge in [-0.2, -0.15) is 0 Å². The van der Waals surface area contributed by atoms with Crippen LogP contribution in [0.15, 0.2) is 18.2 Å². The molecule has 1 aromatic rings. The van der Waals surface area contributed by atoms with Crippen molar-refractivity contribution in [1.82, 2.24) is 5.32 Å². The molecule has 19 heavy (non-hydrogen) atoms. The number of phenols is 1. The van der Waals surface area contributed by atoms with Crippen molar-refractivity contribution >= 4 is 11.6 Å². The molecule has 3 N–H and O–H groups in total. The van der Waals surface area contributed by atoms with Gasteiger partial charge in [0.15, 0.2) is 0 Å². The summed E-state index contributed by atoms with van der Waals surface area (Å²) in [6, 6.07) is 5.18. The number of ether oxygens (including phenoxy) is 1. The van der Waals surface area contributed by atoms with Crippen LogP contribution < -0.4 is 10.6 Å². The zero-order valence-corrected chi connectivity index (χ0v) is 11.3. The molecule has 0 aliphatic carbocycles. The zero-order valence-electron chi connectivity index (χ0n) is 11.3. The maximum absolute atomic E-state index is 12.2. The van der Waals surface area contributed by atoms with Crippen LogP contribution in [0.3, 0.4) is 0 Å². The second-order valence-corrected chi connectivity index (χ2v) is 4.80. The molecule has 1 aliphatic heterocycles. The van der Waals surface area contributed by atoms with Gasteiger partial charge in [-0.25, -0.2) is 0 Å². The maximum Gasteiger partial charge on any atom is 0.231 e. The molecule has 5 heteroatoms. The monoisotopic (exact) mass is 264 g/mol. The van der Waals surface area contributed by atoms with Crippen LogP contribution in [0, 0.1) is 12.8 Å². The highest BCUT2D eigenvalue weighted by Crippen LogP contribution is 2.22. The number of hydrogen-bond donors (Lipinski definition) is 3. The summed E-state index contributed by atoms with van der Waals surface area (Å²) in [5.41, 5.74) is 1.39. The normalized spacial score (nSPS) is 22.4. The lowest BCUT2D eigenvalue weighted by Gasteiger charge is -2.18. The molecule has 1 saturated heterocycles. The number of nitrogens with one attached hydrogen (secondary N) is 2. The minimum Gasteiger partial charge on any atom is -0.508 e. The van der Waals surface area contributed by atoms with E-state index in [2.05, 4.69) is 10.6 Å². The minimum atomic E-state index is -0.191. The molecule has 2 atom stereocenters. The number of amides is 1. The third-order valence-electron chi connectivity index (χ3n) is 3.36. The number of anilines is 1. The van der Waals surface area contributed by atoms with Gasteiger partial charge in [-0.1, -0.05) is 13.0 Å². The molecule has 1 aliphatic rings. The van der Waals surface area contributed by atoms with E-state index in [1.54, 1.807) is 18.2 Å². The molecule has 5 nitrogen and oxygen atoms in total. The number of carbonyl (C=O) groups excluding carboxylic acids is 1. The molecule has 1 fully saturated rings. The molecule has 2 unspecified atom stereocenters. The van der Waals surface area contributed by atoms with Gasteiger partial charge < -0.3 is 20.5 Å². The number of carbonyl (C=O) groups is 1. The number of aromatic hydroxyl groups is 1. The Hall–Kier alpha value is -1.59. The number of hydrogen-bond acceptors (Lipinski definition) is 4. The lowest BCUT2D eigenvalue weighted by atomic mass is 10.0. The standard InChI is InChI=1S/C14H20N2O3/c1-3-15-12-8-19-7-11(12)14(18)16-10-5-4-9(2)13(17)6-10/h4-6,11-12,15,17H,3,7-8H2,1-2H3,(H,16,18). The molecule has 0 spiro atoms. The van der Waals surface area contributed by atoms with E-state index in [9.17, 15) is 9.90 Å². The van der Waals surface area contributed by atoms with E-state index < -0.39 is 0 Å². The van der Waals surface area contributed by atoms with Gasteiger partial charge in [0.25, 0.3) is 0 Å². The predicted molar refractivity (Wildman–Crippen MR) is 73.2 cm³/mol. The Bertz CT molecular complexity index is 462. The van der Waals surface area contributed by atoms with Gasteiger partial charge in [0.05, 0.1) is 19.1 Å². The molecule has 104 valence electrons. The molecule has 2 rings (SSSR count). The molecule has 0 radical (unpaired) electrons. The third-order valence-corrected chi connectivity index (χ3v) is 3.36. The summed E-state index contributed by atoms with van der Waals surface area (Å²) in [5.74, 6) is -0.0844. The maximum atomic E-state index is 12.2. The highest BCUT2D eigenvalue weighted by Gasteiger charge is 2.33. The highest BCUT2D eigenvalue weighted by atomic mass is 16.5. The van der Waals surface area contributed by atoms with E-state index in [1.807, 2.05) is 13.8 Å². The Kier molecular flexibility index (Phi) is 4.39. The summed E-state index contributed by atoms with van der Waals surface area (Å²) in [7, 11) is 0. The summed E-state index contributed by atoms with van der Waals surface area (Å²) < 4.78 is 5.35. The average molecular weight is 264 g/mol. The first kappa shape index (κ1) is 13.8. The van der Waals surface area contributed by atoms with E-state index in [1.165, 1.54) is 0 Å². The van der Waals surface area contributed by atoms with E-state index in [0.717, 1.165) is 12.1 Å². The van der Waals surface area contributed by atoms with Crippen LogP contribution in [-0.4, -0.2) is 36.8 Å². The number of benzene rings is 1. The Morgan fingerprint density at radius 1 is 1.47 bits per heavy atom. The summed E-state index contributed by atoms with van der Waals surface area (Å²) in [6.45, 7) is 5.62. The first-order valence-electron chi connectivity index (χ1n) is 6.53. The summed E-state index contributed by atoms with van der Waals surface area (Å²) >= 11 is 0. The number of likely N-dealkylation sites (N-methyl/N-ethyl adjacent to an activating group) is 1. The minimum absolute atomic E-state index is 0.0593. The molecular formula is C14H20N2O3. The topological polar surface area (TPSA) is 70.6 Å². The van der Waals surface area contributed by atoms with Crippen LogP contribution in [0.2, 0.25) is 0 Å².